The molecule has 1 aromatic heterocycles. The average molecular weight is 451 g/mol. The SMILES string of the molecule is COc1ccc(-c2cnsc2-c2cc(OC)c(OC)c(OC)c2)c(OP(=O)([O-])[O-])c1. The number of aromatic nitrogens is 1. The van der Waals surface area contributed by atoms with E-state index in [0.29, 0.717) is 44.6 Å². The molecule has 2 aromatic carbocycles. The van der Waals surface area contributed by atoms with Gasteiger partial charge in [0.2, 0.25) is 5.75 Å². The standard InChI is InChI=1S/C19H20NO8PS/c1-24-12-5-6-13(15(9-12)28-29(21,22)23)14-10-20-30-19(14)11-7-16(25-2)18(27-4)17(8-11)26-3/h5-10H,1-4H3,(H2,21,22,23)/p-2. The maximum absolute atomic E-state index is 11.3. The molecule has 30 heavy (non-hydrogen) atoms. The van der Waals surface area contributed by atoms with Gasteiger partial charge in [-0.3, -0.25) is 0 Å². The molecule has 0 bridgehead atoms. The molecule has 11 heteroatoms. The highest BCUT2D eigenvalue weighted by atomic mass is 32.1. The summed E-state index contributed by atoms with van der Waals surface area (Å²) in [6.45, 7) is 0. The largest absolute Gasteiger partial charge is 0.780 e. The zero-order chi connectivity index (χ0) is 21.9. The number of hydrogen-bond acceptors (Lipinski definition) is 10. The molecule has 0 amide bonds. The molecular weight excluding hydrogens is 433 g/mol. The quantitative estimate of drug-likeness (QED) is 0.476. The average Bonchev–Trinajstić information content (AvgIpc) is 3.20. The van der Waals surface area contributed by atoms with Crippen LogP contribution in [0.3, 0.4) is 0 Å². The molecule has 0 aliphatic carbocycles. The Labute approximate surface area is 177 Å². The molecule has 0 saturated heterocycles. The molecule has 3 rings (SSSR count). The van der Waals surface area contributed by atoms with Gasteiger partial charge >= 0.3 is 0 Å². The summed E-state index contributed by atoms with van der Waals surface area (Å²) in [7, 11) is 0.629. The third-order valence-corrected chi connectivity index (χ3v) is 5.46. The first-order valence-electron chi connectivity index (χ1n) is 8.46. The summed E-state index contributed by atoms with van der Waals surface area (Å²) < 4.78 is 41.4. The Bertz CT molecular complexity index is 1070. The van der Waals surface area contributed by atoms with E-state index in [9.17, 15) is 14.4 Å². The van der Waals surface area contributed by atoms with Crippen molar-refractivity contribution in [2.75, 3.05) is 28.4 Å². The lowest BCUT2D eigenvalue weighted by Crippen LogP contribution is -2.18. The van der Waals surface area contributed by atoms with Crippen LogP contribution in [0.25, 0.3) is 21.6 Å². The van der Waals surface area contributed by atoms with E-state index in [0.717, 1.165) is 0 Å². The van der Waals surface area contributed by atoms with E-state index >= 15 is 0 Å². The van der Waals surface area contributed by atoms with Crippen LogP contribution in [0.2, 0.25) is 0 Å². The van der Waals surface area contributed by atoms with Gasteiger partial charge in [-0.25, -0.2) is 0 Å². The Morgan fingerprint density at radius 1 is 0.867 bits per heavy atom. The molecule has 0 fully saturated rings. The number of hydrogen-bond donors (Lipinski definition) is 0. The van der Waals surface area contributed by atoms with Crippen molar-refractivity contribution in [2.24, 2.45) is 0 Å². The molecule has 0 unspecified atom stereocenters. The lowest BCUT2D eigenvalue weighted by Gasteiger charge is -2.30. The summed E-state index contributed by atoms with van der Waals surface area (Å²) in [6, 6.07) is 8.03. The van der Waals surface area contributed by atoms with Crippen LogP contribution >= 0.6 is 19.4 Å². The summed E-state index contributed by atoms with van der Waals surface area (Å²) in [4.78, 5) is 23.2. The van der Waals surface area contributed by atoms with E-state index in [-0.39, 0.29) is 5.75 Å². The molecular formula is C19H18NO8PS-2. The molecule has 3 aromatic rings. The highest BCUT2D eigenvalue weighted by Gasteiger charge is 2.20. The molecule has 0 spiro atoms. The van der Waals surface area contributed by atoms with Gasteiger partial charge < -0.3 is 37.8 Å². The lowest BCUT2D eigenvalue weighted by atomic mass is 10.0. The predicted molar refractivity (Wildman–Crippen MR) is 107 cm³/mol. The second-order valence-corrected chi connectivity index (χ2v) is 7.76. The van der Waals surface area contributed by atoms with Gasteiger partial charge in [0.15, 0.2) is 11.5 Å². The molecule has 160 valence electrons. The Hall–Kier alpha value is -2.78. The van der Waals surface area contributed by atoms with Crippen LogP contribution in [-0.4, -0.2) is 32.8 Å². The van der Waals surface area contributed by atoms with Crippen molar-refractivity contribution in [3.05, 3.63) is 36.5 Å². The van der Waals surface area contributed by atoms with Gasteiger partial charge in [0, 0.05) is 29.0 Å². The van der Waals surface area contributed by atoms with E-state index in [1.165, 1.54) is 46.0 Å². The highest BCUT2D eigenvalue weighted by molar-refractivity contribution is 7.43. The van der Waals surface area contributed by atoms with E-state index in [1.54, 1.807) is 30.5 Å². The van der Waals surface area contributed by atoms with Crippen molar-refractivity contribution in [1.82, 2.24) is 4.37 Å². The summed E-state index contributed by atoms with van der Waals surface area (Å²) in [5, 5.41) is 0. The summed E-state index contributed by atoms with van der Waals surface area (Å²) in [6.07, 6.45) is 1.55. The minimum Gasteiger partial charge on any atom is -0.780 e. The Morgan fingerprint density at radius 3 is 2.07 bits per heavy atom. The monoisotopic (exact) mass is 451 g/mol. The number of phosphoric acid groups is 1. The van der Waals surface area contributed by atoms with Crippen molar-refractivity contribution in [2.45, 2.75) is 0 Å². The van der Waals surface area contributed by atoms with Crippen molar-refractivity contribution >= 4 is 19.4 Å². The lowest BCUT2D eigenvalue weighted by molar-refractivity contribution is -0.333. The van der Waals surface area contributed by atoms with Crippen LogP contribution in [0.15, 0.2) is 36.5 Å². The van der Waals surface area contributed by atoms with Crippen LogP contribution in [0.1, 0.15) is 0 Å². The Morgan fingerprint density at radius 2 is 1.53 bits per heavy atom. The topological polar surface area (TPSA) is 122 Å². The number of rotatable bonds is 8. The van der Waals surface area contributed by atoms with Gasteiger partial charge in [0.1, 0.15) is 19.3 Å². The second-order valence-electron chi connectivity index (χ2n) is 5.88. The van der Waals surface area contributed by atoms with E-state index in [2.05, 4.69) is 8.90 Å². The molecule has 0 saturated carbocycles. The van der Waals surface area contributed by atoms with Crippen LogP contribution in [0.4, 0.5) is 0 Å². The first-order valence-corrected chi connectivity index (χ1v) is 10.7. The molecule has 9 nitrogen and oxygen atoms in total. The van der Waals surface area contributed by atoms with Crippen LogP contribution in [0, 0.1) is 0 Å². The van der Waals surface area contributed by atoms with Gasteiger partial charge in [0.05, 0.1) is 33.3 Å². The second kappa shape index (κ2) is 8.93. The number of ether oxygens (including phenoxy) is 4. The predicted octanol–water partition coefficient (Wildman–Crippen LogP) is 2.72. The highest BCUT2D eigenvalue weighted by Crippen LogP contribution is 2.47. The fraction of sp³-hybridized carbons (Fsp3) is 0.211. The van der Waals surface area contributed by atoms with Crippen LogP contribution < -0.4 is 33.3 Å². The smallest absolute Gasteiger partial charge is 0.203 e. The summed E-state index contributed by atoms with van der Waals surface area (Å²) in [5.41, 5.74) is 1.61. The Balaban J connectivity index is 2.18. The normalized spacial score (nSPS) is 11.1. The number of methoxy groups -OCH3 is 4. The molecule has 1 heterocycles. The number of benzene rings is 2. The van der Waals surface area contributed by atoms with Gasteiger partial charge in [-0.15, -0.1) is 0 Å². The number of phosphoric ester groups is 1. The van der Waals surface area contributed by atoms with E-state index < -0.39 is 7.82 Å². The third kappa shape index (κ3) is 4.52. The minimum absolute atomic E-state index is 0.156. The minimum atomic E-state index is -5.30. The molecule has 0 radical (unpaired) electrons. The van der Waals surface area contributed by atoms with Crippen molar-refractivity contribution in [3.8, 4) is 50.3 Å². The van der Waals surface area contributed by atoms with E-state index in [1.807, 2.05) is 0 Å². The van der Waals surface area contributed by atoms with E-state index in [4.69, 9.17) is 18.9 Å². The van der Waals surface area contributed by atoms with Gasteiger partial charge in [0.25, 0.3) is 0 Å². The zero-order valence-electron chi connectivity index (χ0n) is 16.5. The summed E-state index contributed by atoms with van der Waals surface area (Å²) >= 11 is 1.17. The first-order chi connectivity index (χ1) is 14.3. The molecule has 0 aliphatic rings. The number of nitrogens with zero attached hydrogens (tertiary/aromatic N) is 1. The van der Waals surface area contributed by atoms with Gasteiger partial charge in [-0.05, 0) is 35.8 Å². The molecule has 0 N–H and O–H groups in total. The fourth-order valence-corrected chi connectivity index (χ4v) is 4.04. The maximum Gasteiger partial charge on any atom is 0.203 e. The maximum atomic E-state index is 11.3. The third-order valence-electron chi connectivity index (χ3n) is 4.19. The van der Waals surface area contributed by atoms with Crippen LogP contribution in [-0.2, 0) is 4.57 Å². The van der Waals surface area contributed by atoms with Crippen molar-refractivity contribution in [1.29, 1.82) is 0 Å². The molecule has 0 atom stereocenters. The van der Waals surface area contributed by atoms with Crippen LogP contribution in [0.5, 0.6) is 28.7 Å². The van der Waals surface area contributed by atoms with Gasteiger partial charge in [-0.1, -0.05) is 0 Å². The van der Waals surface area contributed by atoms with Crippen molar-refractivity contribution < 1.29 is 37.8 Å². The van der Waals surface area contributed by atoms with Gasteiger partial charge in [-0.2, -0.15) is 4.37 Å². The fourth-order valence-electron chi connectivity index (χ4n) is 2.90. The zero-order valence-corrected chi connectivity index (χ0v) is 18.2. The summed E-state index contributed by atoms with van der Waals surface area (Å²) in [5.74, 6) is 1.50. The van der Waals surface area contributed by atoms with Crippen molar-refractivity contribution in [3.63, 3.8) is 0 Å². The molecule has 0 aliphatic heterocycles. The first kappa shape index (κ1) is 21.9. The Kier molecular flexibility index (Phi) is 6.52.